The van der Waals surface area contributed by atoms with E-state index in [0.29, 0.717) is 5.92 Å². The van der Waals surface area contributed by atoms with Gasteiger partial charge in [-0.05, 0) is 38.7 Å². The number of carbonyl (C=O) groups excluding carboxylic acids is 1. The van der Waals surface area contributed by atoms with E-state index >= 15 is 0 Å². The summed E-state index contributed by atoms with van der Waals surface area (Å²) in [6.07, 6.45) is 0.803. The summed E-state index contributed by atoms with van der Waals surface area (Å²) in [6, 6.07) is 10.7. The summed E-state index contributed by atoms with van der Waals surface area (Å²) in [5.74, 6) is 0.572. The molecule has 4 heteroatoms. The fourth-order valence-electron chi connectivity index (χ4n) is 3.16. The Morgan fingerprint density at radius 3 is 2.52 bits per heavy atom. The van der Waals surface area contributed by atoms with Gasteiger partial charge in [0.2, 0.25) is 0 Å². The van der Waals surface area contributed by atoms with E-state index in [-0.39, 0.29) is 12.1 Å². The molecule has 2 rings (SSSR count). The van der Waals surface area contributed by atoms with Crippen molar-refractivity contribution in [1.82, 2.24) is 9.80 Å². The van der Waals surface area contributed by atoms with Crippen LogP contribution < -0.4 is 0 Å². The van der Waals surface area contributed by atoms with E-state index in [1.165, 1.54) is 5.56 Å². The van der Waals surface area contributed by atoms with Crippen LogP contribution >= 0.6 is 0 Å². The van der Waals surface area contributed by atoms with Crippen molar-refractivity contribution >= 4 is 6.09 Å². The molecule has 0 N–H and O–H groups in total. The van der Waals surface area contributed by atoms with Crippen molar-refractivity contribution < 1.29 is 9.53 Å². The van der Waals surface area contributed by atoms with Gasteiger partial charge in [-0.2, -0.15) is 0 Å². The lowest BCUT2D eigenvalue weighted by Crippen LogP contribution is -2.51. The highest BCUT2D eigenvalue weighted by Gasteiger charge is 2.31. The summed E-state index contributed by atoms with van der Waals surface area (Å²) in [4.78, 5) is 16.5. The lowest BCUT2D eigenvalue weighted by Gasteiger charge is -2.40. The number of hydrogen-bond donors (Lipinski definition) is 0. The highest BCUT2D eigenvalue weighted by Crippen LogP contribution is 2.23. The van der Waals surface area contributed by atoms with Gasteiger partial charge in [-0.1, -0.05) is 37.3 Å². The summed E-state index contributed by atoms with van der Waals surface area (Å²) < 4.78 is 5.51. The number of amides is 1. The molecule has 1 saturated heterocycles. The average Bonchev–Trinajstić information content (AvgIpc) is 2.45. The maximum atomic E-state index is 12.3. The Bertz CT molecular complexity index is 510. The Hall–Kier alpha value is -1.55. The van der Waals surface area contributed by atoms with Crippen molar-refractivity contribution in [2.75, 3.05) is 20.1 Å². The molecule has 2 atom stereocenters. The minimum Gasteiger partial charge on any atom is -0.444 e. The van der Waals surface area contributed by atoms with Crippen molar-refractivity contribution in [3.63, 3.8) is 0 Å². The van der Waals surface area contributed by atoms with Crippen LogP contribution in [0.2, 0.25) is 0 Å². The fourth-order valence-corrected chi connectivity index (χ4v) is 3.16. The van der Waals surface area contributed by atoms with Gasteiger partial charge in [0.25, 0.3) is 0 Å². The average molecular weight is 318 g/mol. The summed E-state index contributed by atoms with van der Waals surface area (Å²) in [5.41, 5.74) is 0.871. The molecule has 0 radical (unpaired) electrons. The van der Waals surface area contributed by atoms with Gasteiger partial charge in [0.05, 0.1) is 0 Å². The first-order valence-corrected chi connectivity index (χ1v) is 8.46. The predicted octanol–water partition coefficient (Wildman–Crippen LogP) is 3.76. The molecule has 1 aromatic rings. The number of ether oxygens (including phenoxy) is 1. The van der Waals surface area contributed by atoms with E-state index in [1.54, 1.807) is 4.90 Å². The van der Waals surface area contributed by atoms with Gasteiger partial charge in [0.15, 0.2) is 0 Å². The lowest BCUT2D eigenvalue weighted by molar-refractivity contribution is 0.00829. The van der Waals surface area contributed by atoms with Crippen molar-refractivity contribution in [2.45, 2.75) is 52.3 Å². The van der Waals surface area contributed by atoms with Gasteiger partial charge in [-0.15, -0.1) is 0 Å². The molecule has 128 valence electrons. The second-order valence-corrected chi connectivity index (χ2v) is 7.77. The molecule has 1 aliphatic rings. The number of carbonyl (C=O) groups is 1. The molecular weight excluding hydrogens is 288 g/mol. The maximum Gasteiger partial charge on any atom is 0.410 e. The quantitative estimate of drug-likeness (QED) is 0.850. The first-order valence-electron chi connectivity index (χ1n) is 8.46. The third kappa shape index (κ3) is 5.54. The first-order chi connectivity index (χ1) is 10.7. The highest BCUT2D eigenvalue weighted by molar-refractivity contribution is 5.68. The second kappa shape index (κ2) is 7.35. The Balaban J connectivity index is 1.98. The minimum absolute atomic E-state index is 0.206. The number of nitrogens with zero attached hydrogens (tertiary/aromatic N) is 2. The molecule has 1 aromatic carbocycles. The SMILES string of the molecule is CC1CC(N(C)C(=O)OC(C)(C)C)CN(Cc2ccccc2)C1. The van der Waals surface area contributed by atoms with Crippen molar-refractivity contribution in [2.24, 2.45) is 5.92 Å². The topological polar surface area (TPSA) is 32.8 Å². The monoisotopic (exact) mass is 318 g/mol. The largest absolute Gasteiger partial charge is 0.444 e. The zero-order valence-electron chi connectivity index (χ0n) is 15.1. The third-order valence-corrected chi connectivity index (χ3v) is 4.19. The Kier molecular flexibility index (Phi) is 5.69. The third-order valence-electron chi connectivity index (χ3n) is 4.19. The van der Waals surface area contributed by atoms with Crippen molar-refractivity contribution in [1.29, 1.82) is 0 Å². The normalized spacial score (nSPS) is 22.7. The molecular formula is C19H30N2O2. The molecule has 1 aliphatic heterocycles. The van der Waals surface area contributed by atoms with Crippen LogP contribution in [0.3, 0.4) is 0 Å². The highest BCUT2D eigenvalue weighted by atomic mass is 16.6. The zero-order valence-corrected chi connectivity index (χ0v) is 15.1. The molecule has 1 amide bonds. The molecule has 0 saturated carbocycles. The summed E-state index contributed by atoms with van der Waals surface area (Å²) in [6.45, 7) is 10.9. The smallest absolute Gasteiger partial charge is 0.410 e. The second-order valence-electron chi connectivity index (χ2n) is 7.77. The van der Waals surface area contributed by atoms with Gasteiger partial charge in [-0.25, -0.2) is 4.79 Å². The van der Waals surface area contributed by atoms with E-state index in [9.17, 15) is 4.79 Å². The van der Waals surface area contributed by atoms with Crippen LogP contribution in [0, 0.1) is 5.92 Å². The van der Waals surface area contributed by atoms with Crippen LogP contribution in [-0.2, 0) is 11.3 Å². The van der Waals surface area contributed by atoms with E-state index in [2.05, 4.69) is 36.1 Å². The van der Waals surface area contributed by atoms with Gasteiger partial charge >= 0.3 is 6.09 Å². The molecule has 23 heavy (non-hydrogen) atoms. The Morgan fingerprint density at radius 2 is 1.91 bits per heavy atom. The summed E-state index contributed by atoms with van der Waals surface area (Å²) in [5, 5.41) is 0. The Labute approximate surface area is 140 Å². The number of likely N-dealkylation sites (tertiary alicyclic amines) is 1. The van der Waals surface area contributed by atoms with Crippen molar-refractivity contribution in [3.05, 3.63) is 35.9 Å². The molecule has 1 fully saturated rings. The molecule has 4 nitrogen and oxygen atoms in total. The zero-order chi connectivity index (χ0) is 17.0. The number of rotatable bonds is 3. The summed E-state index contributed by atoms with van der Waals surface area (Å²) >= 11 is 0. The van der Waals surface area contributed by atoms with Gasteiger partial charge < -0.3 is 9.64 Å². The Morgan fingerprint density at radius 1 is 1.26 bits per heavy atom. The molecule has 0 spiro atoms. The van der Waals surface area contributed by atoms with E-state index in [4.69, 9.17) is 4.74 Å². The van der Waals surface area contributed by atoms with Crippen LogP contribution in [-0.4, -0.2) is 47.7 Å². The molecule has 0 aromatic heterocycles. The molecule has 0 bridgehead atoms. The van der Waals surface area contributed by atoms with Crippen molar-refractivity contribution in [3.8, 4) is 0 Å². The number of likely N-dealkylation sites (N-methyl/N-ethyl adjacent to an activating group) is 1. The van der Waals surface area contributed by atoms with Crippen LogP contribution in [0.1, 0.15) is 39.7 Å². The maximum absolute atomic E-state index is 12.3. The summed E-state index contributed by atoms with van der Waals surface area (Å²) in [7, 11) is 1.86. The molecule has 2 unspecified atom stereocenters. The van der Waals surface area contributed by atoms with E-state index < -0.39 is 5.60 Å². The van der Waals surface area contributed by atoms with Gasteiger partial charge in [0.1, 0.15) is 5.60 Å². The first kappa shape index (κ1) is 17.8. The predicted molar refractivity (Wildman–Crippen MR) is 93.3 cm³/mol. The van der Waals surface area contributed by atoms with E-state index in [0.717, 1.165) is 26.1 Å². The molecule has 1 heterocycles. The van der Waals surface area contributed by atoms with Gasteiger partial charge in [0, 0.05) is 32.7 Å². The number of piperidine rings is 1. The fraction of sp³-hybridized carbons (Fsp3) is 0.632. The van der Waals surface area contributed by atoms with Crippen LogP contribution in [0.5, 0.6) is 0 Å². The lowest BCUT2D eigenvalue weighted by atomic mass is 9.94. The van der Waals surface area contributed by atoms with Crippen LogP contribution in [0.4, 0.5) is 4.79 Å². The van der Waals surface area contributed by atoms with Crippen LogP contribution in [0.15, 0.2) is 30.3 Å². The van der Waals surface area contributed by atoms with Crippen LogP contribution in [0.25, 0.3) is 0 Å². The van der Waals surface area contributed by atoms with E-state index in [1.807, 2.05) is 33.9 Å². The minimum atomic E-state index is -0.449. The number of benzene rings is 1. The molecule has 0 aliphatic carbocycles. The standard InChI is InChI=1S/C19H30N2O2/c1-15-11-17(20(5)18(22)23-19(2,3)4)14-21(12-15)13-16-9-7-6-8-10-16/h6-10,15,17H,11-14H2,1-5H3. The number of hydrogen-bond acceptors (Lipinski definition) is 3. The van der Waals surface area contributed by atoms with Gasteiger partial charge in [-0.3, -0.25) is 4.90 Å².